The minimum atomic E-state index is 0.146. The van der Waals surface area contributed by atoms with Crippen LogP contribution in [0.1, 0.15) is 49.0 Å². The van der Waals surface area contributed by atoms with Crippen molar-refractivity contribution < 1.29 is 0 Å². The highest BCUT2D eigenvalue weighted by Gasteiger charge is 2.20. The van der Waals surface area contributed by atoms with Gasteiger partial charge in [-0.3, -0.25) is 9.89 Å². The van der Waals surface area contributed by atoms with Crippen LogP contribution in [0.4, 0.5) is 0 Å². The number of nitrogens with one attached hydrogen (secondary N) is 2. The van der Waals surface area contributed by atoms with Crippen molar-refractivity contribution >= 4 is 28.9 Å². The molecule has 5 nitrogen and oxygen atoms in total. The number of benzene rings is 1. The van der Waals surface area contributed by atoms with Gasteiger partial charge in [-0.15, -0.1) is 11.3 Å². The number of halogens is 1. The zero-order valence-electron chi connectivity index (χ0n) is 17.6. The molecular formula is C22H32ClN5S. The number of guanidine groups is 1. The smallest absolute Gasteiger partial charge is 0.191 e. The predicted octanol–water partition coefficient (Wildman–Crippen LogP) is 4.50. The minimum absolute atomic E-state index is 0.146. The van der Waals surface area contributed by atoms with E-state index in [4.69, 9.17) is 16.6 Å². The fourth-order valence-electron chi connectivity index (χ4n) is 3.66. The lowest BCUT2D eigenvalue weighted by atomic mass is 9.97. The van der Waals surface area contributed by atoms with Crippen LogP contribution in [0.15, 0.2) is 34.6 Å². The second-order valence-electron chi connectivity index (χ2n) is 7.68. The summed E-state index contributed by atoms with van der Waals surface area (Å²) in [5, 5.41) is 11.2. The molecule has 2 heterocycles. The van der Waals surface area contributed by atoms with E-state index >= 15 is 0 Å². The number of thiazole rings is 1. The van der Waals surface area contributed by atoms with Crippen LogP contribution in [-0.2, 0) is 13.0 Å². The number of aryl methyl sites for hydroxylation is 1. The lowest BCUT2D eigenvalue weighted by Gasteiger charge is -2.32. The maximum Gasteiger partial charge on any atom is 0.191 e. The minimum Gasteiger partial charge on any atom is -0.356 e. The van der Waals surface area contributed by atoms with Crippen molar-refractivity contribution in [2.45, 2.75) is 45.7 Å². The molecule has 0 amide bonds. The van der Waals surface area contributed by atoms with E-state index in [1.807, 2.05) is 25.2 Å². The van der Waals surface area contributed by atoms with Gasteiger partial charge in [0.1, 0.15) is 0 Å². The zero-order valence-corrected chi connectivity index (χ0v) is 19.2. The van der Waals surface area contributed by atoms with Gasteiger partial charge in [0.2, 0.25) is 0 Å². The van der Waals surface area contributed by atoms with E-state index in [0.29, 0.717) is 5.92 Å². The molecule has 7 heteroatoms. The fraction of sp³-hybridized carbons (Fsp3) is 0.545. The molecule has 3 rings (SSSR count). The number of hydrogen-bond acceptors (Lipinski definition) is 4. The first-order valence-electron chi connectivity index (χ1n) is 10.5. The summed E-state index contributed by atoms with van der Waals surface area (Å²) >= 11 is 7.89. The Morgan fingerprint density at radius 3 is 2.83 bits per heavy atom. The third-order valence-electron chi connectivity index (χ3n) is 5.48. The van der Waals surface area contributed by atoms with Crippen molar-refractivity contribution in [2.75, 3.05) is 26.7 Å². The maximum atomic E-state index is 6.11. The molecule has 1 unspecified atom stereocenters. The standard InChI is InChI=1S/C22H32ClN5S/c1-4-21-27-20(15-29-21)14-28-10-8-17(9-11-28)13-25-22(24-3)26-16(2)18-6-5-7-19(23)12-18/h5-7,12,15-17H,4,8-11,13-14H2,1-3H3,(H2,24,25,26). The van der Waals surface area contributed by atoms with E-state index in [1.54, 1.807) is 11.3 Å². The molecule has 1 aliphatic rings. The van der Waals surface area contributed by atoms with Crippen molar-refractivity contribution in [3.05, 3.63) is 50.9 Å². The van der Waals surface area contributed by atoms with Gasteiger partial charge in [-0.1, -0.05) is 30.7 Å². The van der Waals surface area contributed by atoms with Gasteiger partial charge in [0.05, 0.1) is 16.7 Å². The largest absolute Gasteiger partial charge is 0.356 e. The molecule has 1 aliphatic heterocycles. The Balaban J connectivity index is 1.40. The summed E-state index contributed by atoms with van der Waals surface area (Å²) in [7, 11) is 1.82. The van der Waals surface area contributed by atoms with Crippen LogP contribution in [0.5, 0.6) is 0 Å². The monoisotopic (exact) mass is 433 g/mol. The molecule has 2 N–H and O–H groups in total. The van der Waals surface area contributed by atoms with Gasteiger partial charge in [-0.2, -0.15) is 0 Å². The summed E-state index contributed by atoms with van der Waals surface area (Å²) in [4.78, 5) is 11.6. The third kappa shape index (κ3) is 6.69. The normalized spacial score (nSPS) is 17.3. The molecule has 0 aliphatic carbocycles. The highest BCUT2D eigenvalue weighted by Crippen LogP contribution is 2.20. The Hall–Kier alpha value is -1.63. The van der Waals surface area contributed by atoms with Crippen molar-refractivity contribution in [1.29, 1.82) is 0 Å². The van der Waals surface area contributed by atoms with Crippen molar-refractivity contribution in [2.24, 2.45) is 10.9 Å². The quantitative estimate of drug-likeness (QED) is 0.498. The predicted molar refractivity (Wildman–Crippen MR) is 124 cm³/mol. The zero-order chi connectivity index (χ0) is 20.6. The number of nitrogens with zero attached hydrogens (tertiary/aromatic N) is 3. The first-order chi connectivity index (χ1) is 14.1. The topological polar surface area (TPSA) is 52.6 Å². The number of piperidine rings is 1. The summed E-state index contributed by atoms with van der Waals surface area (Å²) in [6, 6.07) is 8.10. The molecule has 158 valence electrons. The van der Waals surface area contributed by atoms with Crippen LogP contribution in [0.3, 0.4) is 0 Å². The number of hydrogen-bond donors (Lipinski definition) is 2. The molecule has 0 saturated carbocycles. The van der Waals surface area contributed by atoms with E-state index in [1.165, 1.54) is 23.5 Å². The Bertz CT molecular complexity index is 798. The number of likely N-dealkylation sites (tertiary alicyclic amines) is 1. The molecule has 29 heavy (non-hydrogen) atoms. The molecule has 1 saturated heterocycles. The van der Waals surface area contributed by atoms with E-state index < -0.39 is 0 Å². The lowest BCUT2D eigenvalue weighted by molar-refractivity contribution is 0.176. The van der Waals surface area contributed by atoms with Gasteiger partial charge >= 0.3 is 0 Å². The van der Waals surface area contributed by atoms with Gasteiger partial charge < -0.3 is 10.6 Å². The molecule has 0 radical (unpaired) electrons. The maximum absolute atomic E-state index is 6.11. The highest BCUT2D eigenvalue weighted by atomic mass is 35.5. The van der Waals surface area contributed by atoms with E-state index in [0.717, 1.165) is 49.1 Å². The van der Waals surface area contributed by atoms with E-state index in [-0.39, 0.29) is 6.04 Å². The summed E-state index contributed by atoms with van der Waals surface area (Å²) in [6.45, 7) is 8.50. The van der Waals surface area contributed by atoms with Crippen LogP contribution in [0, 0.1) is 5.92 Å². The Labute approximate surface area is 183 Å². The molecule has 0 bridgehead atoms. The number of rotatable bonds is 7. The molecular weight excluding hydrogens is 402 g/mol. The van der Waals surface area contributed by atoms with Gasteiger partial charge in [0, 0.05) is 30.5 Å². The first kappa shape index (κ1) is 22.1. The lowest BCUT2D eigenvalue weighted by Crippen LogP contribution is -2.43. The summed E-state index contributed by atoms with van der Waals surface area (Å²) in [5.41, 5.74) is 2.38. The van der Waals surface area contributed by atoms with Gasteiger partial charge in [0.25, 0.3) is 0 Å². The van der Waals surface area contributed by atoms with Crippen LogP contribution >= 0.6 is 22.9 Å². The molecule has 0 spiro atoms. The average molecular weight is 434 g/mol. The number of aliphatic imine (C=N–C) groups is 1. The molecule has 1 atom stereocenters. The third-order valence-corrected chi connectivity index (χ3v) is 6.76. The summed E-state index contributed by atoms with van der Waals surface area (Å²) < 4.78 is 0. The van der Waals surface area contributed by atoms with Gasteiger partial charge in [-0.25, -0.2) is 4.98 Å². The number of aromatic nitrogens is 1. The van der Waals surface area contributed by atoms with Crippen molar-refractivity contribution in [1.82, 2.24) is 20.5 Å². The SMILES string of the molecule is CCc1nc(CN2CCC(CNC(=NC)NC(C)c3cccc(Cl)c3)CC2)cs1. The summed E-state index contributed by atoms with van der Waals surface area (Å²) in [5.74, 6) is 1.52. The van der Waals surface area contributed by atoms with Crippen LogP contribution in [-0.4, -0.2) is 42.5 Å². The first-order valence-corrected chi connectivity index (χ1v) is 11.7. The van der Waals surface area contributed by atoms with Gasteiger partial charge in [-0.05, 0) is 62.9 Å². The summed E-state index contributed by atoms with van der Waals surface area (Å²) in [6.07, 6.45) is 3.45. The molecule has 1 aromatic heterocycles. The molecule has 1 aromatic carbocycles. The highest BCUT2D eigenvalue weighted by molar-refractivity contribution is 7.09. The second-order valence-corrected chi connectivity index (χ2v) is 9.06. The van der Waals surface area contributed by atoms with E-state index in [2.05, 4.69) is 45.8 Å². The Morgan fingerprint density at radius 2 is 2.17 bits per heavy atom. The fourth-order valence-corrected chi connectivity index (χ4v) is 4.60. The molecule has 1 fully saturated rings. The average Bonchev–Trinajstić information content (AvgIpc) is 3.19. The van der Waals surface area contributed by atoms with Crippen LogP contribution in [0.25, 0.3) is 0 Å². The van der Waals surface area contributed by atoms with Crippen molar-refractivity contribution in [3.8, 4) is 0 Å². The van der Waals surface area contributed by atoms with Gasteiger partial charge in [0.15, 0.2) is 5.96 Å². The van der Waals surface area contributed by atoms with E-state index in [9.17, 15) is 0 Å². The Kier molecular flexibility index (Phi) is 8.33. The van der Waals surface area contributed by atoms with Crippen molar-refractivity contribution in [3.63, 3.8) is 0 Å². The Morgan fingerprint density at radius 1 is 1.38 bits per heavy atom. The van der Waals surface area contributed by atoms with Crippen LogP contribution < -0.4 is 10.6 Å². The molecule has 2 aromatic rings. The van der Waals surface area contributed by atoms with Crippen LogP contribution in [0.2, 0.25) is 5.02 Å². The second kappa shape index (κ2) is 11.0.